The number of aromatic nitrogens is 1. The lowest BCUT2D eigenvalue weighted by Gasteiger charge is -2.35. The summed E-state index contributed by atoms with van der Waals surface area (Å²) in [5.41, 5.74) is 1.52. The van der Waals surface area contributed by atoms with Crippen molar-refractivity contribution in [3.63, 3.8) is 0 Å². The van der Waals surface area contributed by atoms with Gasteiger partial charge in [-0.2, -0.15) is 18.4 Å². The molecule has 3 atom stereocenters. The van der Waals surface area contributed by atoms with Crippen LogP contribution >= 0.6 is 11.3 Å². The van der Waals surface area contributed by atoms with E-state index in [4.69, 9.17) is 19.5 Å². The zero-order valence-corrected chi connectivity index (χ0v) is 40.3. The highest BCUT2D eigenvalue weighted by molar-refractivity contribution is 7.13. The fourth-order valence-corrected chi connectivity index (χ4v) is 9.76. The van der Waals surface area contributed by atoms with E-state index in [-0.39, 0.29) is 61.7 Å². The minimum absolute atomic E-state index is 0.0105. The summed E-state index contributed by atoms with van der Waals surface area (Å²) in [6.45, 7) is 10.0. The third-order valence-corrected chi connectivity index (χ3v) is 13.5. The highest BCUT2D eigenvalue weighted by Gasteiger charge is 2.53. The number of thiazole rings is 1. The average molecular weight is 985 g/mol. The number of anilines is 2. The van der Waals surface area contributed by atoms with Gasteiger partial charge >= 0.3 is 12.2 Å². The van der Waals surface area contributed by atoms with Crippen LogP contribution in [0.1, 0.15) is 75.8 Å². The predicted octanol–water partition coefficient (Wildman–Crippen LogP) is 7.87. The van der Waals surface area contributed by atoms with Gasteiger partial charge in [-0.3, -0.25) is 24.1 Å². The Bertz CT molecular complexity index is 2660. The van der Waals surface area contributed by atoms with Gasteiger partial charge in [0.1, 0.15) is 23.1 Å². The number of ketones is 1. The number of carbonyl (C=O) groups excluding carboxylic acids is 5. The number of aliphatic hydroxyl groups is 1. The van der Waals surface area contributed by atoms with Gasteiger partial charge in [0.05, 0.1) is 70.9 Å². The second-order valence-corrected chi connectivity index (χ2v) is 19.1. The van der Waals surface area contributed by atoms with Gasteiger partial charge in [0.25, 0.3) is 11.8 Å². The molecule has 3 aromatic carbocycles. The van der Waals surface area contributed by atoms with Crippen molar-refractivity contribution >= 4 is 52.2 Å². The summed E-state index contributed by atoms with van der Waals surface area (Å²) in [7, 11) is 0. The molecule has 4 aromatic rings. The number of aryl methyl sites for hydroxylation is 2. The van der Waals surface area contributed by atoms with Crippen molar-refractivity contribution in [2.75, 3.05) is 49.3 Å². The highest BCUT2D eigenvalue weighted by atomic mass is 32.1. The van der Waals surface area contributed by atoms with Crippen molar-refractivity contribution in [2.45, 2.75) is 96.6 Å². The zero-order chi connectivity index (χ0) is 50.5. The number of β-amino-alcohol motifs (C(OH)–C–C–N with tert-alkyl or cyclic N) is 1. The molecule has 0 saturated carbocycles. The summed E-state index contributed by atoms with van der Waals surface area (Å²) in [6.07, 6.45) is -2.46. The first kappa shape index (κ1) is 51.2. The van der Waals surface area contributed by atoms with Crippen LogP contribution in [0.25, 0.3) is 10.4 Å². The second-order valence-electron chi connectivity index (χ2n) is 18.3. The molecule has 0 spiro atoms. The Hall–Kier alpha value is -6.62. The monoisotopic (exact) mass is 984 g/mol. The summed E-state index contributed by atoms with van der Waals surface area (Å²) in [6, 6.07) is 16.1. The van der Waals surface area contributed by atoms with Crippen LogP contribution in [0.3, 0.4) is 0 Å². The number of benzene rings is 3. The van der Waals surface area contributed by atoms with E-state index in [0.717, 1.165) is 33.8 Å². The molecule has 3 aliphatic heterocycles. The van der Waals surface area contributed by atoms with Crippen molar-refractivity contribution in [1.29, 1.82) is 5.26 Å². The number of aliphatic hydroxyl groups excluding tert-OH is 1. The van der Waals surface area contributed by atoms with Crippen LogP contribution in [-0.2, 0) is 41.2 Å². The van der Waals surface area contributed by atoms with Crippen molar-refractivity contribution in [2.24, 2.45) is 5.92 Å². The van der Waals surface area contributed by atoms with E-state index in [1.807, 2.05) is 50.5 Å². The Morgan fingerprint density at radius 1 is 0.957 bits per heavy atom. The van der Waals surface area contributed by atoms with Crippen LogP contribution in [0.5, 0.6) is 5.75 Å². The Morgan fingerprint density at radius 2 is 1.63 bits per heavy atom. The highest BCUT2D eigenvalue weighted by Crippen LogP contribution is 2.40. The maximum Gasteiger partial charge on any atom is 0.417 e. The van der Waals surface area contributed by atoms with Gasteiger partial charge in [-0.1, -0.05) is 38.1 Å². The number of carbonyl (C=O) groups is 5. The number of Topliss-reactive ketones (excluding diaryl/α,β-unsaturated/α-hetero) is 1. The SMILES string of the molecule is Cc1ncsc1-c1ccc(CCC(=O)[C@@H]2C[C@@H](O)CN2C(=O)[C@H](C(C)C)N2CC(OCCCOCCCOc3ccc(N4C(=O)N(c5ccc(C#N)c(C(F)(F)F)c5)C(=O)C4(C)C)cc3)=CC2=O)cc1. The number of urea groups is 1. The number of rotatable bonds is 20. The molecule has 5 amide bonds. The Kier molecular flexibility index (Phi) is 15.8. The minimum atomic E-state index is -4.87. The maximum absolute atomic E-state index is 14.1. The van der Waals surface area contributed by atoms with Crippen LogP contribution in [0, 0.1) is 24.2 Å². The fourth-order valence-electron chi connectivity index (χ4n) is 8.95. The second kappa shape index (κ2) is 21.6. The summed E-state index contributed by atoms with van der Waals surface area (Å²) >= 11 is 1.57. The molecule has 19 heteroatoms. The van der Waals surface area contributed by atoms with Gasteiger partial charge in [-0.05, 0) is 86.7 Å². The van der Waals surface area contributed by atoms with Crippen LogP contribution in [-0.4, -0.2) is 113 Å². The van der Waals surface area contributed by atoms with E-state index < -0.39 is 53.0 Å². The van der Waals surface area contributed by atoms with Crippen LogP contribution in [0.2, 0.25) is 0 Å². The Labute approximate surface area is 408 Å². The number of hydrogen-bond acceptors (Lipinski definition) is 12. The largest absolute Gasteiger partial charge is 0.496 e. The third kappa shape index (κ3) is 11.2. The maximum atomic E-state index is 14.1. The summed E-state index contributed by atoms with van der Waals surface area (Å²) in [5.74, 6) is -1.01. The molecule has 70 heavy (non-hydrogen) atoms. The molecule has 2 saturated heterocycles. The molecule has 2 fully saturated rings. The number of hydrogen-bond donors (Lipinski definition) is 1. The normalized spacial score (nSPS) is 18.5. The number of alkyl halides is 3. The lowest BCUT2D eigenvalue weighted by atomic mass is 9.98. The summed E-state index contributed by atoms with van der Waals surface area (Å²) < 4.78 is 58.5. The standard InChI is InChI=1S/C51H55F3N6O9S/c1-31(2)45(47(64)57-28-38(61)25-42(57)43(62)19-10-33-8-11-34(12-9-33)46-32(3)56-30-70-46)58-29-40(26-44(58)63)69-23-7-21-67-20-6-22-68-39-17-15-36(16-18-39)60-49(66)59(48(65)50(60,4)5)37-14-13-35(27-55)41(24-37)51(52,53)54/h8-9,11-18,24,26,30-31,38,42,45,61H,6-7,10,19-23,25,28-29H2,1-5H3/t38-,42+,45+/m1/s1. The third-order valence-electron chi connectivity index (χ3n) is 12.5. The van der Waals surface area contributed by atoms with Crippen LogP contribution < -0.4 is 14.5 Å². The molecule has 0 bridgehead atoms. The van der Waals surface area contributed by atoms with E-state index >= 15 is 0 Å². The number of halogens is 3. The zero-order valence-electron chi connectivity index (χ0n) is 39.5. The number of amides is 5. The van der Waals surface area contributed by atoms with Crippen molar-refractivity contribution in [3.8, 4) is 22.3 Å². The molecule has 4 heterocycles. The number of nitrogens with zero attached hydrogens (tertiary/aromatic N) is 6. The van der Waals surface area contributed by atoms with E-state index in [0.29, 0.717) is 67.2 Å². The lowest BCUT2D eigenvalue weighted by Crippen LogP contribution is -2.54. The summed E-state index contributed by atoms with van der Waals surface area (Å²) in [4.78, 5) is 78.2. The number of imide groups is 1. The number of likely N-dealkylation sites (tertiary alicyclic amines) is 1. The number of nitriles is 1. The molecule has 3 aliphatic rings. The lowest BCUT2D eigenvalue weighted by molar-refractivity contribution is -0.147. The van der Waals surface area contributed by atoms with Crippen molar-refractivity contribution in [3.05, 3.63) is 106 Å². The molecule has 0 aliphatic carbocycles. The van der Waals surface area contributed by atoms with Gasteiger partial charge in [-0.25, -0.2) is 14.7 Å². The average Bonchev–Trinajstić information content (AvgIpc) is 4.08. The molecular formula is C51H55F3N6O9S. The smallest absolute Gasteiger partial charge is 0.417 e. The Morgan fingerprint density at radius 3 is 2.26 bits per heavy atom. The first-order valence-corrected chi connectivity index (χ1v) is 23.9. The topological polar surface area (TPSA) is 183 Å². The molecule has 0 radical (unpaired) electrons. The van der Waals surface area contributed by atoms with Crippen molar-refractivity contribution < 1.29 is 56.5 Å². The molecular weight excluding hydrogens is 930 g/mol. The predicted molar refractivity (Wildman–Crippen MR) is 254 cm³/mol. The fraction of sp³-hybridized carbons (Fsp3) is 0.431. The van der Waals surface area contributed by atoms with Gasteiger partial charge < -0.3 is 29.1 Å². The van der Waals surface area contributed by atoms with E-state index in [1.54, 1.807) is 35.6 Å². The van der Waals surface area contributed by atoms with Gasteiger partial charge in [-0.15, -0.1) is 11.3 Å². The minimum Gasteiger partial charge on any atom is -0.496 e. The first-order valence-electron chi connectivity index (χ1n) is 23.1. The first-order chi connectivity index (χ1) is 33.3. The summed E-state index contributed by atoms with van der Waals surface area (Å²) in [5, 5.41) is 19.8. The van der Waals surface area contributed by atoms with Gasteiger partial charge in [0, 0.05) is 57.2 Å². The molecule has 1 aromatic heterocycles. The van der Waals surface area contributed by atoms with Gasteiger partial charge in [0.15, 0.2) is 5.78 Å². The van der Waals surface area contributed by atoms with Gasteiger partial charge in [0.2, 0.25) is 5.91 Å². The van der Waals surface area contributed by atoms with E-state index in [9.17, 15) is 42.3 Å². The van der Waals surface area contributed by atoms with E-state index in [2.05, 4.69) is 4.98 Å². The molecule has 15 nitrogen and oxygen atoms in total. The molecule has 7 rings (SSSR count). The quantitative estimate of drug-likeness (QED) is 0.0672. The number of ether oxygens (including phenoxy) is 3. The van der Waals surface area contributed by atoms with Crippen molar-refractivity contribution in [1.82, 2.24) is 14.8 Å². The van der Waals surface area contributed by atoms with Crippen LogP contribution in [0.15, 0.2) is 84.1 Å². The Balaban J connectivity index is 0.814. The molecule has 1 N–H and O–H groups in total. The molecule has 370 valence electrons. The molecule has 0 unspecified atom stereocenters. The van der Waals surface area contributed by atoms with E-state index in [1.165, 1.54) is 40.7 Å². The van der Waals surface area contributed by atoms with Crippen LogP contribution in [0.4, 0.5) is 29.3 Å².